The van der Waals surface area contributed by atoms with Crippen LogP contribution in [-0.2, 0) is 19.3 Å². The van der Waals surface area contributed by atoms with E-state index in [-0.39, 0.29) is 11.3 Å². The molecular weight excluding hydrogens is 440 g/mol. The molecule has 1 aliphatic carbocycles. The third-order valence-corrected chi connectivity index (χ3v) is 8.61. The molecule has 1 aliphatic rings. The molecule has 0 fully saturated rings. The van der Waals surface area contributed by atoms with Crippen LogP contribution in [0.3, 0.4) is 0 Å². The highest BCUT2D eigenvalue weighted by Gasteiger charge is 2.34. The SMILES string of the molecule is CCCc1ccc2c(N)c(C(=O)Nc3sc4c(c3C(N)=O)CCC(C(C)(C)C)C4)sc2n1. The number of aromatic nitrogens is 1. The van der Waals surface area contributed by atoms with Crippen LogP contribution in [-0.4, -0.2) is 16.8 Å². The first kappa shape index (κ1) is 22.7. The van der Waals surface area contributed by atoms with Gasteiger partial charge in [0.05, 0.1) is 11.3 Å². The van der Waals surface area contributed by atoms with Gasteiger partial charge in [-0.2, -0.15) is 0 Å². The van der Waals surface area contributed by atoms with E-state index in [9.17, 15) is 9.59 Å². The molecule has 1 unspecified atom stereocenters. The standard InChI is InChI=1S/C24H30N4O2S2/c1-5-6-13-8-10-15-18(25)19(32-22(15)27-13)21(30)28-23-17(20(26)29)14-9-7-12(24(2,3)4)11-16(14)31-23/h8,10,12H,5-7,9,11,25H2,1-4H3,(H2,26,29)(H,28,30). The maximum Gasteiger partial charge on any atom is 0.268 e. The molecule has 2 amide bonds. The number of nitrogens with two attached hydrogens (primary N) is 2. The van der Waals surface area contributed by atoms with Crippen molar-refractivity contribution < 1.29 is 9.59 Å². The molecule has 3 aromatic rings. The first-order chi connectivity index (χ1) is 15.1. The van der Waals surface area contributed by atoms with Crippen LogP contribution in [0, 0.1) is 11.3 Å². The molecule has 6 nitrogen and oxygen atoms in total. The van der Waals surface area contributed by atoms with E-state index in [1.165, 1.54) is 22.7 Å². The lowest BCUT2D eigenvalue weighted by Gasteiger charge is -2.33. The van der Waals surface area contributed by atoms with Crippen molar-refractivity contribution in [2.24, 2.45) is 17.1 Å². The zero-order valence-corrected chi connectivity index (χ0v) is 20.6. The highest BCUT2D eigenvalue weighted by atomic mass is 32.1. The van der Waals surface area contributed by atoms with Gasteiger partial charge >= 0.3 is 0 Å². The second kappa shape index (κ2) is 8.48. The van der Waals surface area contributed by atoms with Gasteiger partial charge in [-0.15, -0.1) is 22.7 Å². The molecule has 0 saturated heterocycles. The lowest BCUT2D eigenvalue weighted by molar-refractivity contribution is 0.1000. The predicted octanol–water partition coefficient (Wildman–Crippen LogP) is 5.39. The quantitative estimate of drug-likeness (QED) is 0.464. The minimum atomic E-state index is -0.498. The molecule has 0 spiro atoms. The van der Waals surface area contributed by atoms with E-state index in [1.807, 2.05) is 12.1 Å². The number of hydrogen-bond donors (Lipinski definition) is 3. The summed E-state index contributed by atoms with van der Waals surface area (Å²) in [6, 6.07) is 3.89. The number of anilines is 2. The molecule has 0 bridgehead atoms. The third kappa shape index (κ3) is 4.13. The van der Waals surface area contributed by atoms with E-state index in [1.54, 1.807) is 0 Å². The van der Waals surface area contributed by atoms with E-state index in [4.69, 9.17) is 11.5 Å². The number of fused-ring (bicyclic) bond motifs is 2. The van der Waals surface area contributed by atoms with Crippen LogP contribution in [0.2, 0.25) is 0 Å². The summed E-state index contributed by atoms with van der Waals surface area (Å²) < 4.78 is 0. The monoisotopic (exact) mass is 470 g/mol. The molecule has 4 rings (SSSR count). The van der Waals surface area contributed by atoms with Crippen molar-refractivity contribution in [1.29, 1.82) is 0 Å². The topological polar surface area (TPSA) is 111 Å². The third-order valence-electron chi connectivity index (χ3n) is 6.33. The van der Waals surface area contributed by atoms with Crippen molar-refractivity contribution in [3.8, 4) is 0 Å². The number of aryl methyl sites for hydroxylation is 1. The maximum atomic E-state index is 13.2. The van der Waals surface area contributed by atoms with Gasteiger partial charge in [0.2, 0.25) is 0 Å². The number of primary amides is 1. The normalized spacial score (nSPS) is 16.2. The van der Waals surface area contributed by atoms with Crippen LogP contribution in [0.25, 0.3) is 10.2 Å². The van der Waals surface area contributed by atoms with Gasteiger partial charge in [-0.1, -0.05) is 34.1 Å². The molecule has 170 valence electrons. The average Bonchev–Trinajstić information content (AvgIpc) is 3.24. The highest BCUT2D eigenvalue weighted by molar-refractivity contribution is 7.21. The number of amides is 2. The minimum absolute atomic E-state index is 0.188. The smallest absolute Gasteiger partial charge is 0.268 e. The van der Waals surface area contributed by atoms with Crippen LogP contribution >= 0.6 is 22.7 Å². The molecule has 0 saturated carbocycles. The first-order valence-corrected chi connectivity index (χ1v) is 12.7. The number of carbonyl (C=O) groups is 2. The fourth-order valence-corrected chi connectivity index (χ4v) is 6.77. The zero-order chi connectivity index (χ0) is 23.2. The molecule has 5 N–H and O–H groups in total. The van der Waals surface area contributed by atoms with Gasteiger partial charge in [0.1, 0.15) is 14.7 Å². The van der Waals surface area contributed by atoms with Gasteiger partial charge < -0.3 is 16.8 Å². The fourth-order valence-electron chi connectivity index (χ4n) is 4.43. The van der Waals surface area contributed by atoms with Crippen LogP contribution in [0.1, 0.15) is 76.7 Å². The van der Waals surface area contributed by atoms with E-state index < -0.39 is 5.91 Å². The second-order valence-corrected chi connectivity index (χ2v) is 11.7. The van der Waals surface area contributed by atoms with E-state index in [0.717, 1.165) is 58.5 Å². The van der Waals surface area contributed by atoms with Crippen molar-refractivity contribution in [2.45, 2.75) is 59.8 Å². The number of hydrogen-bond acceptors (Lipinski definition) is 6. The Kier molecular flexibility index (Phi) is 6.02. The summed E-state index contributed by atoms with van der Waals surface area (Å²) in [6.07, 6.45) is 4.59. The number of nitrogens with zero attached hydrogens (tertiary/aromatic N) is 1. The number of carbonyl (C=O) groups excluding carboxylic acids is 2. The summed E-state index contributed by atoms with van der Waals surface area (Å²) in [7, 11) is 0. The van der Waals surface area contributed by atoms with Crippen molar-refractivity contribution in [1.82, 2.24) is 4.98 Å². The number of pyridine rings is 1. The van der Waals surface area contributed by atoms with Gasteiger partial charge in [0.15, 0.2) is 0 Å². The van der Waals surface area contributed by atoms with Gasteiger partial charge in [-0.3, -0.25) is 9.59 Å². The second-order valence-electron chi connectivity index (χ2n) is 9.58. The van der Waals surface area contributed by atoms with Gasteiger partial charge in [0, 0.05) is 16.0 Å². The lowest BCUT2D eigenvalue weighted by Crippen LogP contribution is -2.27. The van der Waals surface area contributed by atoms with Crippen LogP contribution in [0.4, 0.5) is 10.7 Å². The van der Waals surface area contributed by atoms with E-state index in [0.29, 0.717) is 27.0 Å². The van der Waals surface area contributed by atoms with Gasteiger partial charge in [0.25, 0.3) is 11.8 Å². The summed E-state index contributed by atoms with van der Waals surface area (Å²) in [5, 5.41) is 4.25. The molecule has 1 atom stereocenters. The van der Waals surface area contributed by atoms with Crippen LogP contribution in [0.5, 0.6) is 0 Å². The van der Waals surface area contributed by atoms with E-state index >= 15 is 0 Å². The molecule has 0 radical (unpaired) electrons. The van der Waals surface area contributed by atoms with Crippen molar-refractivity contribution >= 4 is 55.4 Å². The van der Waals surface area contributed by atoms with E-state index in [2.05, 4.69) is 38.0 Å². The van der Waals surface area contributed by atoms with Crippen molar-refractivity contribution in [2.75, 3.05) is 11.1 Å². The summed E-state index contributed by atoms with van der Waals surface area (Å²) >= 11 is 2.75. The van der Waals surface area contributed by atoms with Crippen molar-refractivity contribution in [3.63, 3.8) is 0 Å². The zero-order valence-electron chi connectivity index (χ0n) is 19.0. The predicted molar refractivity (Wildman–Crippen MR) is 134 cm³/mol. The van der Waals surface area contributed by atoms with Crippen LogP contribution in [0.15, 0.2) is 12.1 Å². The molecule has 0 aliphatic heterocycles. The summed E-state index contributed by atoms with van der Waals surface area (Å²) in [6.45, 7) is 8.85. The van der Waals surface area contributed by atoms with Crippen LogP contribution < -0.4 is 16.8 Å². The lowest BCUT2D eigenvalue weighted by atomic mass is 9.72. The minimum Gasteiger partial charge on any atom is -0.397 e. The molecule has 32 heavy (non-hydrogen) atoms. The summed E-state index contributed by atoms with van der Waals surface area (Å²) in [4.78, 5) is 32.4. The van der Waals surface area contributed by atoms with Crippen molar-refractivity contribution in [3.05, 3.63) is 38.7 Å². The Morgan fingerprint density at radius 3 is 2.66 bits per heavy atom. The number of rotatable bonds is 5. The fraction of sp³-hybridized carbons (Fsp3) is 0.458. The number of nitrogen functional groups attached to an aromatic ring is 1. The maximum absolute atomic E-state index is 13.2. The first-order valence-electron chi connectivity index (χ1n) is 11.0. The molecule has 0 aromatic carbocycles. The average molecular weight is 471 g/mol. The number of nitrogens with one attached hydrogen (secondary N) is 1. The Morgan fingerprint density at radius 2 is 2.00 bits per heavy atom. The van der Waals surface area contributed by atoms with Gasteiger partial charge in [-0.05, 0) is 54.7 Å². The molecule has 3 aromatic heterocycles. The Bertz CT molecular complexity index is 1200. The molecule has 8 heteroatoms. The molecular formula is C24H30N4O2S2. The Balaban J connectivity index is 1.66. The Morgan fingerprint density at radius 1 is 1.25 bits per heavy atom. The number of thiophene rings is 2. The largest absolute Gasteiger partial charge is 0.397 e. The summed E-state index contributed by atoms with van der Waals surface area (Å²) in [5.41, 5.74) is 15.1. The molecule has 3 heterocycles. The van der Waals surface area contributed by atoms with Gasteiger partial charge in [-0.25, -0.2) is 4.98 Å². The highest BCUT2D eigenvalue weighted by Crippen LogP contribution is 2.44. The summed E-state index contributed by atoms with van der Waals surface area (Å²) in [5.74, 6) is -0.294. The Labute approximate surface area is 196 Å². The Hall–Kier alpha value is -2.45.